The van der Waals surface area contributed by atoms with Gasteiger partial charge in [-0.1, -0.05) is 24.0 Å². The van der Waals surface area contributed by atoms with Crippen molar-refractivity contribution in [3.63, 3.8) is 0 Å². The molecule has 1 saturated heterocycles. The SMILES string of the molecule is CCOC(=O)c1ccc2c(c1)N(CC)/C(=C/C=c1/s/c(=C3\SC(=S)N(CC)C3=O)n(CC(=O)O)c1=O)O2. The molecule has 0 radical (unpaired) electrons. The minimum absolute atomic E-state index is 0.230. The van der Waals surface area contributed by atoms with Gasteiger partial charge in [-0.05, 0) is 45.0 Å². The second kappa shape index (κ2) is 10.9. The van der Waals surface area contributed by atoms with E-state index in [9.17, 15) is 24.3 Å². The van der Waals surface area contributed by atoms with E-state index in [-0.39, 0.29) is 26.6 Å². The third-order valence-electron chi connectivity index (χ3n) is 5.50. The molecule has 1 aromatic carbocycles. The first-order valence-electron chi connectivity index (χ1n) is 11.4. The standard InChI is InChI=1S/C24H23N3O7S3/c1-4-25-14-11-13(23(32)33-6-3)7-8-15(14)34-17(25)10-9-16-20(30)27(12-18(28)29)22(36-16)19-21(31)26(5-2)24(35)37-19/h7-11H,4-6,12H2,1-3H3,(H,28,29)/b16-9+,17-10-,22-19-. The summed E-state index contributed by atoms with van der Waals surface area (Å²) in [6.07, 6.45) is 3.14. The van der Waals surface area contributed by atoms with Crippen molar-refractivity contribution in [1.29, 1.82) is 0 Å². The number of allylic oxidation sites excluding steroid dienone is 1. The summed E-state index contributed by atoms with van der Waals surface area (Å²) in [7, 11) is 0. The topological polar surface area (TPSA) is 118 Å². The predicted molar refractivity (Wildman–Crippen MR) is 145 cm³/mol. The van der Waals surface area contributed by atoms with Crippen LogP contribution in [0, 0.1) is 0 Å². The molecule has 0 bridgehead atoms. The molecule has 0 atom stereocenters. The molecular weight excluding hydrogens is 538 g/mol. The van der Waals surface area contributed by atoms with E-state index in [0.29, 0.717) is 40.3 Å². The number of amides is 1. The molecule has 2 aromatic rings. The summed E-state index contributed by atoms with van der Waals surface area (Å²) in [4.78, 5) is 53.1. The van der Waals surface area contributed by atoms with Gasteiger partial charge in [0.1, 0.15) is 20.4 Å². The summed E-state index contributed by atoms with van der Waals surface area (Å²) in [6, 6.07) is 4.98. The molecule has 3 heterocycles. The number of fused-ring (bicyclic) bond motifs is 1. The zero-order valence-electron chi connectivity index (χ0n) is 20.2. The zero-order chi connectivity index (χ0) is 26.9. The number of thioether (sulfide) groups is 1. The Morgan fingerprint density at radius 2 is 1.86 bits per heavy atom. The minimum Gasteiger partial charge on any atom is -0.480 e. The highest BCUT2D eigenvalue weighted by Crippen LogP contribution is 2.39. The number of esters is 1. The molecular formula is C24H23N3O7S3. The fourth-order valence-corrected chi connectivity index (χ4v) is 6.40. The highest BCUT2D eigenvalue weighted by Gasteiger charge is 2.33. The lowest BCUT2D eigenvalue weighted by Gasteiger charge is -2.15. The van der Waals surface area contributed by atoms with Crippen LogP contribution in [0.2, 0.25) is 0 Å². The molecule has 194 valence electrons. The lowest BCUT2D eigenvalue weighted by atomic mass is 10.2. The highest BCUT2D eigenvalue weighted by atomic mass is 32.2. The van der Waals surface area contributed by atoms with Gasteiger partial charge in [-0.25, -0.2) is 4.79 Å². The van der Waals surface area contributed by atoms with E-state index in [2.05, 4.69) is 0 Å². The number of ether oxygens (including phenoxy) is 2. The van der Waals surface area contributed by atoms with Crippen molar-refractivity contribution in [2.24, 2.45) is 0 Å². The molecule has 13 heteroatoms. The molecule has 1 fully saturated rings. The van der Waals surface area contributed by atoms with Gasteiger partial charge in [-0.15, -0.1) is 11.3 Å². The molecule has 37 heavy (non-hydrogen) atoms. The molecule has 1 aromatic heterocycles. The fourth-order valence-electron chi connectivity index (χ4n) is 3.82. The Morgan fingerprint density at radius 1 is 1.14 bits per heavy atom. The number of aliphatic carboxylic acids is 1. The number of hydrogen-bond donors (Lipinski definition) is 1. The summed E-state index contributed by atoms with van der Waals surface area (Å²) < 4.78 is 12.9. The third kappa shape index (κ3) is 5.06. The van der Waals surface area contributed by atoms with Crippen LogP contribution in [0.1, 0.15) is 31.1 Å². The average Bonchev–Trinajstić information content (AvgIpc) is 3.47. The molecule has 0 aliphatic carbocycles. The molecule has 2 aliphatic rings. The van der Waals surface area contributed by atoms with Gasteiger partial charge in [-0.3, -0.25) is 23.9 Å². The first-order chi connectivity index (χ1) is 17.7. The first kappa shape index (κ1) is 26.6. The third-order valence-corrected chi connectivity index (χ3v) is 8.21. The van der Waals surface area contributed by atoms with Crippen LogP contribution in [-0.4, -0.2) is 56.4 Å². The second-order valence-electron chi connectivity index (χ2n) is 7.72. The Bertz CT molecular complexity index is 1520. The van der Waals surface area contributed by atoms with Gasteiger partial charge >= 0.3 is 11.9 Å². The monoisotopic (exact) mass is 561 g/mol. The molecule has 0 spiro atoms. The molecule has 0 unspecified atom stereocenters. The van der Waals surface area contributed by atoms with Gasteiger partial charge in [0.2, 0.25) is 5.88 Å². The Balaban J connectivity index is 1.78. The lowest BCUT2D eigenvalue weighted by molar-refractivity contribution is -0.137. The van der Waals surface area contributed by atoms with E-state index < -0.39 is 24.0 Å². The number of rotatable bonds is 7. The van der Waals surface area contributed by atoms with Gasteiger partial charge in [0, 0.05) is 19.2 Å². The molecule has 10 nitrogen and oxygen atoms in total. The largest absolute Gasteiger partial charge is 0.480 e. The van der Waals surface area contributed by atoms with Crippen molar-refractivity contribution in [3.05, 3.63) is 55.3 Å². The number of carbonyl (C=O) groups is 3. The van der Waals surface area contributed by atoms with Crippen molar-refractivity contribution in [1.82, 2.24) is 9.47 Å². The Kier molecular flexibility index (Phi) is 7.85. The number of hydrogen-bond acceptors (Lipinski definition) is 10. The van der Waals surface area contributed by atoms with Crippen molar-refractivity contribution in [2.45, 2.75) is 27.3 Å². The van der Waals surface area contributed by atoms with E-state index in [1.165, 1.54) is 11.0 Å². The number of thiocarbonyl (C=S) groups is 1. The van der Waals surface area contributed by atoms with E-state index in [1.807, 2.05) is 11.8 Å². The predicted octanol–water partition coefficient (Wildman–Crippen LogP) is 1.70. The fraction of sp³-hybridized carbons (Fsp3) is 0.292. The van der Waals surface area contributed by atoms with Crippen LogP contribution < -0.4 is 24.4 Å². The van der Waals surface area contributed by atoms with Crippen LogP contribution in [0.15, 0.2) is 35.0 Å². The number of anilines is 1. The minimum atomic E-state index is -1.21. The van der Waals surface area contributed by atoms with Gasteiger partial charge in [0.25, 0.3) is 11.5 Å². The maximum atomic E-state index is 13.1. The van der Waals surface area contributed by atoms with Gasteiger partial charge in [0.15, 0.2) is 5.75 Å². The number of carboxylic acid groups (broad SMARTS) is 1. The van der Waals surface area contributed by atoms with Crippen molar-refractivity contribution in [2.75, 3.05) is 24.6 Å². The summed E-state index contributed by atoms with van der Waals surface area (Å²) in [5.74, 6) is -1.03. The van der Waals surface area contributed by atoms with Crippen LogP contribution >= 0.6 is 35.3 Å². The maximum Gasteiger partial charge on any atom is 0.338 e. The van der Waals surface area contributed by atoms with Crippen LogP contribution in [0.5, 0.6) is 5.75 Å². The van der Waals surface area contributed by atoms with Crippen LogP contribution in [0.4, 0.5) is 5.69 Å². The summed E-state index contributed by atoms with van der Waals surface area (Å²) >= 11 is 7.34. The number of aromatic nitrogens is 1. The van der Waals surface area contributed by atoms with Crippen LogP contribution in [0.25, 0.3) is 11.0 Å². The van der Waals surface area contributed by atoms with Crippen molar-refractivity contribution >= 4 is 74.2 Å². The first-order valence-corrected chi connectivity index (χ1v) is 13.4. The van der Waals surface area contributed by atoms with Crippen LogP contribution in [-0.2, 0) is 20.9 Å². The van der Waals surface area contributed by atoms with E-state index in [4.69, 9.17) is 21.7 Å². The smallest absolute Gasteiger partial charge is 0.338 e. The zero-order valence-corrected chi connectivity index (χ0v) is 22.6. The normalized spacial score (nSPS) is 18.0. The summed E-state index contributed by atoms with van der Waals surface area (Å²) in [6.45, 7) is 5.99. The number of carbonyl (C=O) groups excluding carboxylic acids is 2. The van der Waals surface area contributed by atoms with Gasteiger partial charge < -0.3 is 19.5 Å². The molecule has 0 saturated carbocycles. The van der Waals surface area contributed by atoms with Gasteiger partial charge in [0.05, 0.1) is 22.4 Å². The molecule has 1 N–H and O–H groups in total. The Labute approximate surface area is 225 Å². The maximum absolute atomic E-state index is 13.1. The van der Waals surface area contributed by atoms with Crippen molar-refractivity contribution in [3.8, 4) is 5.75 Å². The lowest BCUT2D eigenvalue weighted by Crippen LogP contribution is -2.35. The quantitative estimate of drug-likeness (QED) is 0.395. The second-order valence-corrected chi connectivity index (χ2v) is 10.4. The van der Waals surface area contributed by atoms with E-state index in [0.717, 1.165) is 27.7 Å². The summed E-state index contributed by atoms with van der Waals surface area (Å²) in [5.41, 5.74) is 0.533. The molecule has 2 aliphatic heterocycles. The highest BCUT2D eigenvalue weighted by molar-refractivity contribution is 8.30. The van der Waals surface area contributed by atoms with E-state index in [1.54, 1.807) is 38.1 Å². The Morgan fingerprint density at radius 3 is 2.49 bits per heavy atom. The van der Waals surface area contributed by atoms with E-state index >= 15 is 0 Å². The number of thiazole rings is 1. The van der Waals surface area contributed by atoms with Crippen molar-refractivity contribution < 1.29 is 29.0 Å². The Hall–Kier alpha value is -3.42. The number of benzene rings is 1. The molecule has 1 amide bonds. The van der Waals surface area contributed by atoms with Gasteiger partial charge in [-0.2, -0.15) is 0 Å². The summed E-state index contributed by atoms with van der Waals surface area (Å²) in [5, 5.41) is 9.37. The van der Waals surface area contributed by atoms with Crippen LogP contribution in [0.3, 0.4) is 0 Å². The average molecular weight is 562 g/mol. The molecule has 4 rings (SSSR count). The number of carboxylic acids is 1. The number of nitrogens with zero attached hydrogens (tertiary/aromatic N) is 3.